The lowest BCUT2D eigenvalue weighted by atomic mass is 9.81. The summed E-state index contributed by atoms with van der Waals surface area (Å²) >= 11 is 0. The van der Waals surface area contributed by atoms with Gasteiger partial charge in [-0.05, 0) is 55.0 Å². The first kappa shape index (κ1) is 20.3. The highest BCUT2D eigenvalue weighted by Crippen LogP contribution is 2.40. The van der Waals surface area contributed by atoms with Crippen molar-refractivity contribution < 1.29 is 14.4 Å². The van der Waals surface area contributed by atoms with E-state index in [4.69, 9.17) is 0 Å². The van der Waals surface area contributed by atoms with Gasteiger partial charge in [-0.15, -0.1) is 0 Å². The van der Waals surface area contributed by atoms with Crippen LogP contribution in [0.2, 0.25) is 0 Å². The number of nitrogens with one attached hydrogen (secondary N) is 1. The van der Waals surface area contributed by atoms with E-state index < -0.39 is 0 Å². The largest absolute Gasteiger partial charge is 0.321 e. The molecule has 1 aliphatic carbocycles. The lowest BCUT2D eigenvalue weighted by molar-refractivity contribution is -0.122. The van der Waals surface area contributed by atoms with E-state index in [1.165, 1.54) is 4.90 Å². The first-order valence-corrected chi connectivity index (χ1v) is 10.9. The van der Waals surface area contributed by atoms with Crippen LogP contribution in [0.4, 0.5) is 11.4 Å². The van der Waals surface area contributed by atoms with Gasteiger partial charge in [-0.3, -0.25) is 19.3 Å². The van der Waals surface area contributed by atoms with Gasteiger partial charge in [0.05, 0.1) is 17.5 Å². The molecule has 2 fully saturated rings. The van der Waals surface area contributed by atoms with Gasteiger partial charge in [0.25, 0.3) is 5.91 Å². The highest BCUT2D eigenvalue weighted by Gasteiger charge is 2.48. The van der Waals surface area contributed by atoms with Crippen LogP contribution >= 0.6 is 0 Å². The van der Waals surface area contributed by atoms with Crippen LogP contribution in [-0.4, -0.2) is 17.7 Å². The minimum Gasteiger partial charge on any atom is -0.321 e. The van der Waals surface area contributed by atoms with Crippen molar-refractivity contribution in [2.75, 3.05) is 10.2 Å². The Morgan fingerprint density at radius 2 is 1.50 bits per heavy atom. The zero-order valence-corrected chi connectivity index (χ0v) is 17.6. The molecule has 3 amide bonds. The summed E-state index contributed by atoms with van der Waals surface area (Å²) in [6.07, 6.45) is 5.19. The highest BCUT2D eigenvalue weighted by atomic mass is 16.2. The van der Waals surface area contributed by atoms with E-state index >= 15 is 0 Å². The maximum atomic E-state index is 13.0. The molecule has 2 aromatic rings. The maximum Gasteiger partial charge on any atom is 0.255 e. The predicted molar refractivity (Wildman–Crippen MR) is 118 cm³/mol. The predicted octanol–water partition coefficient (Wildman–Crippen LogP) is 4.74. The normalized spacial score (nSPS) is 20.9. The molecule has 1 aliphatic heterocycles. The first-order chi connectivity index (χ1) is 14.5. The molecule has 1 saturated carbocycles. The minimum atomic E-state index is -0.232. The quantitative estimate of drug-likeness (QED) is 0.732. The van der Waals surface area contributed by atoms with Crippen molar-refractivity contribution in [3.05, 3.63) is 59.2 Å². The van der Waals surface area contributed by atoms with Crippen LogP contribution in [0.1, 0.15) is 61.0 Å². The molecule has 1 N–H and O–H groups in total. The summed E-state index contributed by atoms with van der Waals surface area (Å²) in [6, 6.07) is 12.9. The Bertz CT molecular complexity index is 951. The molecule has 2 atom stereocenters. The van der Waals surface area contributed by atoms with Crippen molar-refractivity contribution in [2.45, 2.75) is 52.4 Å². The number of rotatable bonds is 5. The summed E-state index contributed by atoms with van der Waals surface area (Å²) in [7, 11) is 0. The molecule has 0 bridgehead atoms. The smallest absolute Gasteiger partial charge is 0.255 e. The minimum absolute atomic E-state index is 0.119. The molecule has 0 unspecified atom stereocenters. The molecule has 2 aliphatic rings. The Kier molecular flexibility index (Phi) is 5.71. The summed E-state index contributed by atoms with van der Waals surface area (Å²) in [4.78, 5) is 40.1. The number of benzene rings is 2. The Labute approximate surface area is 177 Å². The fourth-order valence-corrected chi connectivity index (χ4v) is 4.79. The Morgan fingerprint density at radius 1 is 0.933 bits per heavy atom. The van der Waals surface area contributed by atoms with Gasteiger partial charge < -0.3 is 5.32 Å². The summed E-state index contributed by atoms with van der Waals surface area (Å²) in [5, 5.41) is 3.06. The lowest BCUT2D eigenvalue weighted by Crippen LogP contribution is -2.31. The SMILES string of the molecule is CCc1cccc(CC)c1NC(=O)c1cccc(N2C(=O)[C@H]3CCCC[C@H]3C2=O)c1. The average molecular weight is 405 g/mol. The molecule has 156 valence electrons. The molecule has 0 spiro atoms. The number of anilines is 2. The highest BCUT2D eigenvalue weighted by molar-refractivity contribution is 6.22. The number of carbonyl (C=O) groups excluding carboxylic acids is 3. The number of aryl methyl sites for hydroxylation is 2. The second-order valence-electron chi connectivity index (χ2n) is 8.17. The van der Waals surface area contributed by atoms with E-state index in [1.54, 1.807) is 24.3 Å². The van der Waals surface area contributed by atoms with E-state index in [1.807, 2.05) is 18.2 Å². The second kappa shape index (κ2) is 8.42. The van der Waals surface area contributed by atoms with E-state index in [0.29, 0.717) is 11.3 Å². The number of imide groups is 1. The van der Waals surface area contributed by atoms with Crippen LogP contribution in [0.3, 0.4) is 0 Å². The molecular weight excluding hydrogens is 376 g/mol. The molecule has 1 heterocycles. The number of para-hydroxylation sites is 1. The van der Waals surface area contributed by atoms with E-state index in [0.717, 1.165) is 55.3 Å². The summed E-state index contributed by atoms with van der Waals surface area (Å²) in [5.74, 6) is -0.873. The molecular formula is C25H28N2O3. The van der Waals surface area contributed by atoms with Gasteiger partial charge in [0.15, 0.2) is 0 Å². The van der Waals surface area contributed by atoms with Crippen molar-refractivity contribution >= 4 is 29.1 Å². The topological polar surface area (TPSA) is 66.5 Å². The summed E-state index contributed by atoms with van der Waals surface area (Å²) in [5.41, 5.74) is 3.97. The second-order valence-corrected chi connectivity index (χ2v) is 8.17. The molecule has 0 aromatic heterocycles. The zero-order valence-electron chi connectivity index (χ0n) is 17.6. The third-order valence-corrected chi connectivity index (χ3v) is 6.45. The Morgan fingerprint density at radius 3 is 2.07 bits per heavy atom. The average Bonchev–Trinajstić information content (AvgIpc) is 3.04. The van der Waals surface area contributed by atoms with E-state index in [9.17, 15) is 14.4 Å². The third kappa shape index (κ3) is 3.53. The van der Waals surface area contributed by atoms with Crippen molar-refractivity contribution in [3.8, 4) is 0 Å². The fourth-order valence-electron chi connectivity index (χ4n) is 4.79. The molecule has 5 nitrogen and oxygen atoms in total. The zero-order chi connectivity index (χ0) is 21.3. The number of amides is 3. The molecule has 30 heavy (non-hydrogen) atoms. The van der Waals surface area contributed by atoms with Gasteiger partial charge in [0.2, 0.25) is 11.8 Å². The van der Waals surface area contributed by atoms with Gasteiger partial charge in [-0.1, -0.05) is 51.0 Å². The van der Waals surface area contributed by atoms with Crippen molar-refractivity contribution in [1.82, 2.24) is 0 Å². The van der Waals surface area contributed by atoms with Crippen LogP contribution in [0.15, 0.2) is 42.5 Å². The fraction of sp³-hybridized carbons (Fsp3) is 0.400. The first-order valence-electron chi connectivity index (χ1n) is 10.9. The Hall–Kier alpha value is -2.95. The molecule has 5 heteroatoms. The van der Waals surface area contributed by atoms with E-state index in [2.05, 4.69) is 19.2 Å². The summed E-state index contributed by atoms with van der Waals surface area (Å²) < 4.78 is 0. The summed E-state index contributed by atoms with van der Waals surface area (Å²) in [6.45, 7) is 4.13. The van der Waals surface area contributed by atoms with Gasteiger partial charge in [-0.25, -0.2) is 0 Å². The number of hydrogen-bond acceptors (Lipinski definition) is 3. The van der Waals surface area contributed by atoms with Crippen LogP contribution in [0.5, 0.6) is 0 Å². The number of hydrogen-bond donors (Lipinski definition) is 1. The van der Waals surface area contributed by atoms with Crippen LogP contribution < -0.4 is 10.2 Å². The number of carbonyl (C=O) groups is 3. The van der Waals surface area contributed by atoms with Gasteiger partial charge in [0, 0.05) is 11.3 Å². The molecule has 1 saturated heterocycles. The molecule has 0 radical (unpaired) electrons. The number of fused-ring (bicyclic) bond motifs is 1. The van der Waals surface area contributed by atoms with Crippen LogP contribution in [-0.2, 0) is 22.4 Å². The molecule has 2 aromatic carbocycles. The van der Waals surface area contributed by atoms with Crippen LogP contribution in [0, 0.1) is 11.8 Å². The van der Waals surface area contributed by atoms with Gasteiger partial charge >= 0.3 is 0 Å². The van der Waals surface area contributed by atoms with Gasteiger partial charge in [-0.2, -0.15) is 0 Å². The van der Waals surface area contributed by atoms with Crippen LogP contribution in [0.25, 0.3) is 0 Å². The third-order valence-electron chi connectivity index (χ3n) is 6.45. The number of nitrogens with zero attached hydrogens (tertiary/aromatic N) is 1. The lowest BCUT2D eigenvalue weighted by Gasteiger charge is -2.19. The van der Waals surface area contributed by atoms with Gasteiger partial charge in [0.1, 0.15) is 0 Å². The maximum absolute atomic E-state index is 13.0. The Balaban J connectivity index is 1.61. The standard InChI is InChI=1S/C25H28N2O3/c1-3-16-9-7-10-17(4-2)22(16)26-23(28)18-11-8-12-19(15-18)27-24(29)20-13-5-6-14-21(20)25(27)30/h7-12,15,20-21H,3-6,13-14H2,1-2H3,(H,26,28)/t20-,21+. The van der Waals surface area contributed by atoms with E-state index in [-0.39, 0.29) is 29.6 Å². The monoisotopic (exact) mass is 404 g/mol. The van der Waals surface area contributed by atoms with Crippen molar-refractivity contribution in [1.29, 1.82) is 0 Å². The van der Waals surface area contributed by atoms with Crippen molar-refractivity contribution in [2.24, 2.45) is 11.8 Å². The molecule has 4 rings (SSSR count). The van der Waals surface area contributed by atoms with Crippen molar-refractivity contribution in [3.63, 3.8) is 0 Å².